The summed E-state index contributed by atoms with van der Waals surface area (Å²) in [4.78, 5) is 10.7. The van der Waals surface area contributed by atoms with Crippen LogP contribution in [0.5, 0.6) is 0 Å². The van der Waals surface area contributed by atoms with Gasteiger partial charge >= 0.3 is 5.97 Å². The molecule has 0 saturated carbocycles. The number of aliphatic carboxylic acids is 1. The van der Waals surface area contributed by atoms with Gasteiger partial charge in [-0.3, -0.25) is 5.84 Å². The number of hydrazine groups is 1. The van der Waals surface area contributed by atoms with Crippen LogP contribution in [0.1, 0.15) is 5.56 Å². The molecule has 1 aromatic carbocycles. The molecular formula is C9H10N2O2. The molecule has 0 amide bonds. The number of nitrogens with two attached hydrogens (primary N) is 1. The normalized spacial score (nSPS) is 11.0. The van der Waals surface area contributed by atoms with E-state index in [1.165, 1.54) is 6.20 Å². The second kappa shape index (κ2) is 4.27. The van der Waals surface area contributed by atoms with Crippen LogP contribution in [0.25, 0.3) is 5.57 Å². The summed E-state index contributed by atoms with van der Waals surface area (Å²) < 4.78 is 0. The van der Waals surface area contributed by atoms with Gasteiger partial charge < -0.3 is 10.5 Å². The van der Waals surface area contributed by atoms with Crippen molar-refractivity contribution in [1.29, 1.82) is 0 Å². The summed E-state index contributed by atoms with van der Waals surface area (Å²) in [6, 6.07) is 8.76. The number of benzene rings is 1. The van der Waals surface area contributed by atoms with E-state index < -0.39 is 5.97 Å². The maximum absolute atomic E-state index is 10.7. The Labute approximate surface area is 75.7 Å². The fraction of sp³-hybridized carbons (Fsp3) is 0. The van der Waals surface area contributed by atoms with Gasteiger partial charge in [0.15, 0.2) is 0 Å². The molecule has 4 heteroatoms. The lowest BCUT2D eigenvalue weighted by molar-refractivity contribution is -0.130. The highest BCUT2D eigenvalue weighted by Crippen LogP contribution is 2.12. The number of rotatable bonds is 3. The minimum atomic E-state index is -1.01. The Morgan fingerprint density at radius 1 is 1.38 bits per heavy atom. The molecule has 0 fully saturated rings. The summed E-state index contributed by atoms with van der Waals surface area (Å²) in [5, 5.41) is 8.79. The van der Waals surface area contributed by atoms with Crippen molar-refractivity contribution in [2.45, 2.75) is 0 Å². The highest BCUT2D eigenvalue weighted by molar-refractivity contribution is 6.15. The molecule has 0 aliphatic carbocycles. The number of hydrogen-bond donors (Lipinski definition) is 3. The van der Waals surface area contributed by atoms with E-state index in [9.17, 15) is 4.79 Å². The monoisotopic (exact) mass is 178 g/mol. The lowest BCUT2D eigenvalue weighted by atomic mass is 10.1. The first kappa shape index (κ1) is 9.28. The van der Waals surface area contributed by atoms with Crippen LogP contribution >= 0.6 is 0 Å². The zero-order valence-electron chi connectivity index (χ0n) is 6.90. The molecule has 0 aliphatic rings. The maximum Gasteiger partial charge on any atom is 0.337 e. The van der Waals surface area contributed by atoms with Crippen molar-refractivity contribution in [1.82, 2.24) is 5.43 Å². The smallest absolute Gasteiger partial charge is 0.337 e. The van der Waals surface area contributed by atoms with E-state index in [0.29, 0.717) is 5.56 Å². The first-order chi connectivity index (χ1) is 6.25. The molecule has 0 radical (unpaired) electrons. The minimum absolute atomic E-state index is 0.142. The van der Waals surface area contributed by atoms with Crippen LogP contribution in [0.15, 0.2) is 36.5 Å². The van der Waals surface area contributed by atoms with E-state index in [-0.39, 0.29) is 5.57 Å². The predicted molar refractivity (Wildman–Crippen MR) is 49.4 cm³/mol. The third-order valence-electron chi connectivity index (χ3n) is 1.54. The summed E-state index contributed by atoms with van der Waals surface area (Å²) in [6.07, 6.45) is 1.25. The van der Waals surface area contributed by atoms with Gasteiger partial charge in [0.2, 0.25) is 0 Å². The van der Waals surface area contributed by atoms with Gasteiger partial charge in [-0.05, 0) is 5.56 Å². The predicted octanol–water partition coefficient (Wildman–Crippen LogP) is 0.575. The van der Waals surface area contributed by atoms with Crippen LogP contribution < -0.4 is 11.3 Å². The summed E-state index contributed by atoms with van der Waals surface area (Å²) in [6.45, 7) is 0. The van der Waals surface area contributed by atoms with Crippen molar-refractivity contribution in [2.75, 3.05) is 0 Å². The molecule has 0 atom stereocenters. The SMILES string of the molecule is NNC=C(C(=O)O)c1ccccc1. The van der Waals surface area contributed by atoms with Crippen molar-refractivity contribution in [3.05, 3.63) is 42.1 Å². The lowest BCUT2D eigenvalue weighted by Gasteiger charge is -2.01. The molecule has 0 unspecified atom stereocenters. The average Bonchev–Trinajstić information content (AvgIpc) is 2.15. The van der Waals surface area contributed by atoms with Crippen molar-refractivity contribution in [3.8, 4) is 0 Å². The zero-order valence-corrected chi connectivity index (χ0v) is 6.90. The van der Waals surface area contributed by atoms with E-state index in [0.717, 1.165) is 0 Å². The van der Waals surface area contributed by atoms with Gasteiger partial charge in [0, 0.05) is 6.20 Å². The lowest BCUT2D eigenvalue weighted by Crippen LogP contribution is -2.16. The number of carbonyl (C=O) groups is 1. The van der Waals surface area contributed by atoms with Gasteiger partial charge in [-0.2, -0.15) is 0 Å². The van der Waals surface area contributed by atoms with Crippen molar-refractivity contribution in [2.24, 2.45) is 5.84 Å². The topological polar surface area (TPSA) is 75.3 Å². The molecule has 0 aliphatic heterocycles. The highest BCUT2D eigenvalue weighted by atomic mass is 16.4. The van der Waals surface area contributed by atoms with Crippen molar-refractivity contribution < 1.29 is 9.90 Å². The standard InChI is InChI=1S/C9H10N2O2/c10-11-6-8(9(12)13)7-4-2-1-3-5-7/h1-6,11H,10H2,(H,12,13). The van der Waals surface area contributed by atoms with Gasteiger partial charge in [0.25, 0.3) is 0 Å². The van der Waals surface area contributed by atoms with Crippen LogP contribution in [0, 0.1) is 0 Å². The fourth-order valence-electron chi connectivity index (χ4n) is 0.970. The molecule has 1 rings (SSSR count). The van der Waals surface area contributed by atoms with E-state index in [2.05, 4.69) is 5.43 Å². The Kier molecular flexibility index (Phi) is 3.05. The van der Waals surface area contributed by atoms with E-state index >= 15 is 0 Å². The molecule has 0 heterocycles. The molecule has 0 saturated heterocycles. The van der Waals surface area contributed by atoms with Gasteiger partial charge in [0.1, 0.15) is 0 Å². The van der Waals surface area contributed by atoms with Crippen molar-refractivity contribution in [3.63, 3.8) is 0 Å². The van der Waals surface area contributed by atoms with E-state index in [1.54, 1.807) is 24.3 Å². The average molecular weight is 178 g/mol. The van der Waals surface area contributed by atoms with Gasteiger partial charge in [-0.1, -0.05) is 30.3 Å². The van der Waals surface area contributed by atoms with Gasteiger partial charge in [-0.25, -0.2) is 4.79 Å². The summed E-state index contributed by atoms with van der Waals surface area (Å²) in [5.74, 6) is 4.00. The Morgan fingerprint density at radius 3 is 2.46 bits per heavy atom. The van der Waals surface area contributed by atoms with Gasteiger partial charge in [0.05, 0.1) is 5.57 Å². The molecule has 4 N–H and O–H groups in total. The Bertz CT molecular complexity index is 320. The largest absolute Gasteiger partial charge is 0.478 e. The maximum atomic E-state index is 10.7. The molecular weight excluding hydrogens is 168 g/mol. The molecule has 4 nitrogen and oxygen atoms in total. The van der Waals surface area contributed by atoms with Crippen LogP contribution in [0.4, 0.5) is 0 Å². The molecule has 1 aromatic rings. The second-order valence-electron chi connectivity index (χ2n) is 2.40. The number of hydrogen-bond acceptors (Lipinski definition) is 3. The zero-order chi connectivity index (χ0) is 9.68. The fourth-order valence-corrected chi connectivity index (χ4v) is 0.970. The van der Waals surface area contributed by atoms with E-state index in [4.69, 9.17) is 10.9 Å². The highest BCUT2D eigenvalue weighted by Gasteiger charge is 2.08. The van der Waals surface area contributed by atoms with E-state index in [1.807, 2.05) is 6.07 Å². The van der Waals surface area contributed by atoms with Gasteiger partial charge in [-0.15, -0.1) is 0 Å². The first-order valence-electron chi connectivity index (χ1n) is 3.70. The molecule has 0 aromatic heterocycles. The number of carboxylic acids is 1. The summed E-state index contributed by atoms with van der Waals surface area (Å²) in [5.41, 5.74) is 2.96. The molecule has 0 spiro atoms. The third kappa shape index (κ3) is 2.31. The van der Waals surface area contributed by atoms with Crippen LogP contribution in [-0.2, 0) is 4.79 Å². The molecule has 13 heavy (non-hydrogen) atoms. The number of nitrogens with one attached hydrogen (secondary N) is 1. The number of carboxylic acid groups (broad SMARTS) is 1. The summed E-state index contributed by atoms with van der Waals surface area (Å²) in [7, 11) is 0. The van der Waals surface area contributed by atoms with Crippen LogP contribution in [-0.4, -0.2) is 11.1 Å². The Balaban J connectivity index is 3.03. The first-order valence-corrected chi connectivity index (χ1v) is 3.70. The van der Waals surface area contributed by atoms with Crippen LogP contribution in [0.2, 0.25) is 0 Å². The Hall–Kier alpha value is -1.81. The quantitative estimate of drug-likeness (QED) is 0.359. The van der Waals surface area contributed by atoms with Crippen molar-refractivity contribution >= 4 is 11.5 Å². The molecule has 0 bridgehead atoms. The van der Waals surface area contributed by atoms with Crippen LogP contribution in [0.3, 0.4) is 0 Å². The Morgan fingerprint density at radius 2 is 2.00 bits per heavy atom. The third-order valence-corrected chi connectivity index (χ3v) is 1.54. The molecule has 68 valence electrons. The minimum Gasteiger partial charge on any atom is -0.478 e. The second-order valence-corrected chi connectivity index (χ2v) is 2.40. The summed E-state index contributed by atoms with van der Waals surface area (Å²) >= 11 is 0.